The summed E-state index contributed by atoms with van der Waals surface area (Å²) >= 11 is 0. The highest BCUT2D eigenvalue weighted by Crippen LogP contribution is 2.30. The number of carbonyl (C=O) groups is 1. The van der Waals surface area contributed by atoms with E-state index in [-0.39, 0.29) is 11.7 Å². The molecule has 0 bridgehead atoms. The molecule has 2 N–H and O–H groups in total. The lowest BCUT2D eigenvalue weighted by atomic mass is 9.87. The summed E-state index contributed by atoms with van der Waals surface area (Å²) < 4.78 is 13.9. The van der Waals surface area contributed by atoms with Gasteiger partial charge in [0.1, 0.15) is 5.56 Å². The van der Waals surface area contributed by atoms with E-state index in [1.165, 1.54) is 0 Å². The summed E-state index contributed by atoms with van der Waals surface area (Å²) in [4.78, 5) is 21.0. The molecule has 2 rings (SSSR count). The molecule has 1 aromatic carbocycles. The van der Waals surface area contributed by atoms with E-state index in [9.17, 15) is 19.3 Å². The minimum atomic E-state index is -1.44. The van der Waals surface area contributed by atoms with Crippen LogP contribution in [-0.4, -0.2) is 22.0 Å². The summed E-state index contributed by atoms with van der Waals surface area (Å²) in [5, 5.41) is 22.8. The van der Waals surface area contributed by atoms with Crippen molar-refractivity contribution in [2.75, 3.05) is 5.32 Å². The molecule has 1 aliphatic rings. The second-order valence-corrected chi connectivity index (χ2v) is 5.52. The van der Waals surface area contributed by atoms with Gasteiger partial charge in [0, 0.05) is 6.04 Å². The van der Waals surface area contributed by atoms with Crippen LogP contribution in [0.3, 0.4) is 0 Å². The molecule has 1 aliphatic carbocycles. The van der Waals surface area contributed by atoms with Gasteiger partial charge in [-0.15, -0.1) is 0 Å². The number of rotatable bonds is 4. The van der Waals surface area contributed by atoms with Gasteiger partial charge in [-0.05, 0) is 24.8 Å². The molecule has 1 fully saturated rings. The van der Waals surface area contributed by atoms with Crippen LogP contribution in [0.25, 0.3) is 0 Å². The van der Waals surface area contributed by atoms with Crippen LogP contribution in [0.1, 0.15) is 43.0 Å². The fraction of sp³-hybridized carbons (Fsp3) is 0.500. The molecule has 0 amide bonds. The van der Waals surface area contributed by atoms with Crippen molar-refractivity contribution in [3.63, 3.8) is 0 Å². The Kier molecular flexibility index (Phi) is 4.40. The Morgan fingerprint density at radius 2 is 2.19 bits per heavy atom. The summed E-state index contributed by atoms with van der Waals surface area (Å²) in [5.41, 5.74) is -1.23. The summed E-state index contributed by atoms with van der Waals surface area (Å²) in [6, 6.07) is 1.74. The zero-order valence-electron chi connectivity index (χ0n) is 11.6. The van der Waals surface area contributed by atoms with Gasteiger partial charge in [-0.3, -0.25) is 10.1 Å². The van der Waals surface area contributed by atoms with Gasteiger partial charge in [0.25, 0.3) is 5.69 Å². The lowest BCUT2D eigenvalue weighted by molar-refractivity contribution is -0.385. The van der Waals surface area contributed by atoms with Crippen molar-refractivity contribution in [2.24, 2.45) is 5.92 Å². The second-order valence-electron chi connectivity index (χ2n) is 5.52. The van der Waals surface area contributed by atoms with E-state index in [2.05, 4.69) is 12.2 Å². The Balaban J connectivity index is 2.29. The fourth-order valence-corrected chi connectivity index (χ4v) is 2.78. The molecular weight excluding hydrogens is 279 g/mol. The van der Waals surface area contributed by atoms with E-state index in [4.69, 9.17) is 5.11 Å². The fourth-order valence-electron chi connectivity index (χ4n) is 2.78. The van der Waals surface area contributed by atoms with Crippen LogP contribution in [0, 0.1) is 21.8 Å². The van der Waals surface area contributed by atoms with Crippen LogP contribution in [-0.2, 0) is 0 Å². The van der Waals surface area contributed by atoms with Crippen LogP contribution in [0.4, 0.5) is 15.8 Å². The molecule has 0 aromatic heterocycles. The van der Waals surface area contributed by atoms with Gasteiger partial charge in [0.2, 0.25) is 0 Å². The maximum Gasteiger partial charge on any atom is 0.342 e. The topological polar surface area (TPSA) is 92.5 Å². The summed E-state index contributed by atoms with van der Waals surface area (Å²) in [7, 11) is 0. The number of carboxylic acids is 1. The molecule has 0 aliphatic heterocycles. The summed E-state index contributed by atoms with van der Waals surface area (Å²) in [6.07, 6.45) is 3.91. The first-order valence-electron chi connectivity index (χ1n) is 6.86. The zero-order valence-corrected chi connectivity index (χ0v) is 11.6. The largest absolute Gasteiger partial charge is 0.477 e. The summed E-state index contributed by atoms with van der Waals surface area (Å²) in [5.74, 6) is -1.72. The molecule has 1 aromatic rings. The van der Waals surface area contributed by atoms with Crippen molar-refractivity contribution < 1.29 is 19.2 Å². The Morgan fingerprint density at radius 1 is 1.48 bits per heavy atom. The smallest absolute Gasteiger partial charge is 0.342 e. The Labute approximate surface area is 121 Å². The van der Waals surface area contributed by atoms with Crippen molar-refractivity contribution in [3.05, 3.63) is 33.6 Å². The molecule has 2 atom stereocenters. The number of benzene rings is 1. The van der Waals surface area contributed by atoms with Crippen molar-refractivity contribution in [3.8, 4) is 0 Å². The van der Waals surface area contributed by atoms with Crippen molar-refractivity contribution in [2.45, 2.75) is 38.6 Å². The zero-order chi connectivity index (χ0) is 15.6. The number of nitro benzene ring substituents is 1. The van der Waals surface area contributed by atoms with Gasteiger partial charge in [0.15, 0.2) is 5.82 Å². The Morgan fingerprint density at radius 3 is 2.76 bits per heavy atom. The van der Waals surface area contributed by atoms with Crippen molar-refractivity contribution >= 4 is 17.3 Å². The molecule has 1 saturated carbocycles. The highest BCUT2D eigenvalue weighted by molar-refractivity contribution is 5.93. The molecule has 21 heavy (non-hydrogen) atoms. The number of nitrogens with zero attached hydrogens (tertiary/aromatic N) is 1. The third-order valence-corrected chi connectivity index (χ3v) is 3.81. The first-order valence-corrected chi connectivity index (χ1v) is 6.86. The molecule has 2 unspecified atom stereocenters. The average molecular weight is 296 g/mol. The maximum atomic E-state index is 13.9. The highest BCUT2D eigenvalue weighted by Gasteiger charge is 2.25. The van der Waals surface area contributed by atoms with Crippen LogP contribution in [0.5, 0.6) is 0 Å². The molecule has 114 valence electrons. The second kappa shape index (κ2) is 6.07. The first-order chi connectivity index (χ1) is 9.88. The quantitative estimate of drug-likeness (QED) is 0.656. The van der Waals surface area contributed by atoms with E-state index >= 15 is 0 Å². The first kappa shape index (κ1) is 15.2. The van der Waals surface area contributed by atoms with E-state index in [1.54, 1.807) is 0 Å². The van der Waals surface area contributed by atoms with Crippen LogP contribution < -0.4 is 5.32 Å². The number of hydrogen-bond acceptors (Lipinski definition) is 4. The number of anilines is 1. The lowest BCUT2D eigenvalue weighted by Gasteiger charge is -2.28. The van der Waals surface area contributed by atoms with Crippen LogP contribution >= 0.6 is 0 Å². The van der Waals surface area contributed by atoms with Gasteiger partial charge in [-0.25, -0.2) is 9.18 Å². The molecule has 0 heterocycles. The Hall–Kier alpha value is -2.18. The number of carboxylic acid groups (broad SMARTS) is 1. The predicted octanol–water partition coefficient (Wildman–Crippen LogP) is 3.42. The minimum absolute atomic E-state index is 0.0112. The van der Waals surface area contributed by atoms with Crippen LogP contribution in [0.2, 0.25) is 0 Å². The highest BCUT2D eigenvalue weighted by atomic mass is 19.1. The van der Waals surface area contributed by atoms with Gasteiger partial charge in [-0.2, -0.15) is 0 Å². The van der Waals surface area contributed by atoms with Gasteiger partial charge in [0.05, 0.1) is 16.7 Å². The normalized spacial score (nSPS) is 21.8. The predicted molar refractivity (Wildman–Crippen MR) is 75.1 cm³/mol. The van der Waals surface area contributed by atoms with Crippen molar-refractivity contribution in [1.82, 2.24) is 0 Å². The lowest BCUT2D eigenvalue weighted by Crippen LogP contribution is -2.26. The number of hydrogen-bond donors (Lipinski definition) is 2. The number of aromatic carboxylic acids is 1. The maximum absolute atomic E-state index is 13.9. The van der Waals surface area contributed by atoms with Gasteiger partial charge < -0.3 is 10.4 Å². The molecule has 0 spiro atoms. The standard InChI is InChI=1S/C14H17FN2O4/c1-8-3-2-4-9(5-8)16-12-6-10(14(18)19)13(17(20)21)7-11(12)15/h6-9,16H,2-5H2,1H3,(H,18,19). The van der Waals surface area contributed by atoms with Crippen molar-refractivity contribution in [1.29, 1.82) is 0 Å². The van der Waals surface area contributed by atoms with E-state index < -0.39 is 28.0 Å². The molecule has 0 radical (unpaired) electrons. The third kappa shape index (κ3) is 3.48. The van der Waals surface area contributed by atoms with E-state index in [1.807, 2.05) is 0 Å². The molecule has 0 saturated heterocycles. The third-order valence-electron chi connectivity index (χ3n) is 3.81. The Bertz CT molecular complexity index is 576. The average Bonchev–Trinajstić information content (AvgIpc) is 2.40. The SMILES string of the molecule is CC1CCCC(Nc2cc(C(=O)O)c([N+](=O)[O-])cc2F)C1. The number of nitrogens with one attached hydrogen (secondary N) is 1. The van der Waals surface area contributed by atoms with Gasteiger partial charge in [-0.1, -0.05) is 19.8 Å². The summed E-state index contributed by atoms with van der Waals surface area (Å²) in [6.45, 7) is 2.11. The molecule has 7 heteroatoms. The minimum Gasteiger partial charge on any atom is -0.477 e. The monoisotopic (exact) mass is 296 g/mol. The van der Waals surface area contributed by atoms with E-state index in [0.717, 1.165) is 31.7 Å². The van der Waals surface area contributed by atoms with E-state index in [0.29, 0.717) is 12.0 Å². The van der Waals surface area contributed by atoms with Gasteiger partial charge >= 0.3 is 5.97 Å². The number of nitro groups is 1. The van der Waals surface area contributed by atoms with Crippen LogP contribution in [0.15, 0.2) is 12.1 Å². The molecule has 6 nitrogen and oxygen atoms in total. The molecular formula is C14H17FN2O4. The number of halogens is 1.